The Morgan fingerprint density at radius 2 is 2.33 bits per heavy atom. The number of ether oxygens (including phenoxy) is 1. The Morgan fingerprint density at radius 3 is 3.00 bits per heavy atom. The molecular formula is C15H18ClN3O2. The molecule has 0 aliphatic carbocycles. The lowest BCUT2D eigenvalue weighted by Gasteiger charge is -2.19. The average Bonchev–Trinajstić information content (AvgIpc) is 2.92. The number of nitrogens with zero attached hydrogens (tertiary/aromatic N) is 2. The molecule has 0 saturated heterocycles. The van der Waals surface area contributed by atoms with Gasteiger partial charge in [0, 0.05) is 17.3 Å². The topological polar surface area (TPSA) is 56.2 Å². The molecule has 0 aliphatic heterocycles. The highest BCUT2D eigenvalue weighted by Gasteiger charge is 2.24. The molecule has 0 bridgehead atoms. The third-order valence-corrected chi connectivity index (χ3v) is 3.31. The summed E-state index contributed by atoms with van der Waals surface area (Å²) in [4.78, 5) is 16.2. The number of hydrogen-bond acceptors (Lipinski definition) is 4. The number of methoxy groups -OCH3 is 1. The minimum Gasteiger partial charge on any atom is -0.467 e. The predicted molar refractivity (Wildman–Crippen MR) is 82.3 cm³/mol. The molecule has 0 amide bonds. The highest BCUT2D eigenvalue weighted by molar-refractivity contribution is 6.30. The highest BCUT2D eigenvalue weighted by atomic mass is 35.5. The molecule has 1 aromatic carbocycles. The number of aryl methyl sites for hydroxylation is 1. The molecule has 0 fully saturated rings. The van der Waals surface area contributed by atoms with Gasteiger partial charge >= 0.3 is 5.97 Å². The van der Waals surface area contributed by atoms with E-state index in [2.05, 4.69) is 17.2 Å². The standard InChI is InChI=1S/C15H18ClN3O2/c1-3-7-19-10-17-9-13(19)14(15(20)21-2)18-12-6-4-5-11(16)8-12/h4-6,8-10,14,18H,3,7H2,1-2H3. The molecule has 1 N–H and O–H groups in total. The lowest BCUT2D eigenvalue weighted by Crippen LogP contribution is -2.25. The summed E-state index contributed by atoms with van der Waals surface area (Å²) in [5.74, 6) is -0.368. The second kappa shape index (κ2) is 7.13. The Hall–Kier alpha value is -2.01. The zero-order chi connectivity index (χ0) is 15.2. The molecule has 2 aromatic rings. The van der Waals surface area contributed by atoms with Gasteiger partial charge in [0.1, 0.15) is 0 Å². The number of hydrogen-bond donors (Lipinski definition) is 1. The number of carbonyl (C=O) groups excluding carboxylic acids is 1. The first-order valence-corrected chi connectivity index (χ1v) is 7.13. The molecule has 0 spiro atoms. The lowest BCUT2D eigenvalue weighted by molar-refractivity contribution is -0.141. The van der Waals surface area contributed by atoms with Crippen molar-refractivity contribution in [3.05, 3.63) is 47.5 Å². The number of nitrogens with one attached hydrogen (secondary N) is 1. The van der Waals surface area contributed by atoms with Crippen LogP contribution >= 0.6 is 11.6 Å². The van der Waals surface area contributed by atoms with Crippen LogP contribution in [-0.4, -0.2) is 22.6 Å². The van der Waals surface area contributed by atoms with Gasteiger partial charge < -0.3 is 14.6 Å². The summed E-state index contributed by atoms with van der Waals surface area (Å²) < 4.78 is 6.84. The first kappa shape index (κ1) is 15.4. The van der Waals surface area contributed by atoms with E-state index in [1.165, 1.54) is 7.11 Å². The number of benzene rings is 1. The molecule has 1 aromatic heterocycles. The number of imidazole rings is 1. The lowest BCUT2D eigenvalue weighted by atomic mass is 10.2. The maximum Gasteiger partial charge on any atom is 0.334 e. The Bertz CT molecular complexity index is 612. The molecule has 0 aliphatic rings. The predicted octanol–water partition coefficient (Wildman–Crippen LogP) is 3.27. The monoisotopic (exact) mass is 307 g/mol. The average molecular weight is 308 g/mol. The second-order valence-corrected chi connectivity index (χ2v) is 5.06. The smallest absolute Gasteiger partial charge is 0.334 e. The summed E-state index contributed by atoms with van der Waals surface area (Å²) in [5.41, 5.74) is 1.52. The van der Waals surface area contributed by atoms with Crippen molar-refractivity contribution in [3.8, 4) is 0 Å². The Balaban J connectivity index is 2.30. The third kappa shape index (κ3) is 3.76. The van der Waals surface area contributed by atoms with Crippen molar-refractivity contribution in [2.75, 3.05) is 12.4 Å². The van der Waals surface area contributed by atoms with E-state index in [1.807, 2.05) is 16.7 Å². The summed E-state index contributed by atoms with van der Waals surface area (Å²) in [5, 5.41) is 3.75. The fraction of sp³-hybridized carbons (Fsp3) is 0.333. The van der Waals surface area contributed by atoms with Crippen molar-refractivity contribution in [3.63, 3.8) is 0 Å². The van der Waals surface area contributed by atoms with Crippen LogP contribution in [0.25, 0.3) is 0 Å². The van der Waals surface area contributed by atoms with E-state index in [1.54, 1.807) is 24.7 Å². The van der Waals surface area contributed by atoms with Crippen LogP contribution in [0.5, 0.6) is 0 Å². The van der Waals surface area contributed by atoms with Crippen LogP contribution in [0.15, 0.2) is 36.8 Å². The third-order valence-electron chi connectivity index (χ3n) is 3.08. The number of halogens is 1. The SMILES string of the molecule is CCCn1cncc1C(Nc1cccc(Cl)c1)C(=O)OC. The minimum atomic E-state index is -0.623. The first-order chi connectivity index (χ1) is 10.2. The normalized spacial score (nSPS) is 12.0. The van der Waals surface area contributed by atoms with Gasteiger partial charge in [-0.2, -0.15) is 0 Å². The van der Waals surface area contributed by atoms with Gasteiger partial charge in [0.25, 0.3) is 0 Å². The highest BCUT2D eigenvalue weighted by Crippen LogP contribution is 2.23. The molecule has 1 heterocycles. The maximum absolute atomic E-state index is 12.1. The van der Waals surface area contributed by atoms with E-state index in [0.717, 1.165) is 24.3 Å². The van der Waals surface area contributed by atoms with Crippen molar-refractivity contribution in [2.45, 2.75) is 25.9 Å². The van der Waals surface area contributed by atoms with Gasteiger partial charge in [-0.1, -0.05) is 24.6 Å². The van der Waals surface area contributed by atoms with E-state index >= 15 is 0 Å². The quantitative estimate of drug-likeness (QED) is 0.832. The molecule has 112 valence electrons. The van der Waals surface area contributed by atoms with Gasteiger partial charge in [0.05, 0.1) is 25.3 Å². The first-order valence-electron chi connectivity index (χ1n) is 6.75. The van der Waals surface area contributed by atoms with E-state index in [-0.39, 0.29) is 5.97 Å². The van der Waals surface area contributed by atoms with E-state index in [9.17, 15) is 4.79 Å². The summed E-state index contributed by atoms with van der Waals surface area (Å²) in [6.07, 6.45) is 4.34. The van der Waals surface area contributed by atoms with Crippen molar-refractivity contribution in [2.24, 2.45) is 0 Å². The summed E-state index contributed by atoms with van der Waals surface area (Å²) in [7, 11) is 1.37. The van der Waals surface area contributed by atoms with Crippen LogP contribution in [0.2, 0.25) is 5.02 Å². The molecule has 1 unspecified atom stereocenters. The summed E-state index contributed by atoms with van der Waals surface area (Å²) in [6, 6.07) is 6.59. The van der Waals surface area contributed by atoms with Crippen molar-refractivity contribution >= 4 is 23.3 Å². The van der Waals surface area contributed by atoms with Crippen LogP contribution in [0, 0.1) is 0 Å². The Kier molecular flexibility index (Phi) is 5.22. The fourth-order valence-electron chi connectivity index (χ4n) is 2.12. The number of anilines is 1. The van der Waals surface area contributed by atoms with Crippen molar-refractivity contribution in [1.29, 1.82) is 0 Å². The van der Waals surface area contributed by atoms with Crippen LogP contribution in [0.3, 0.4) is 0 Å². The molecule has 5 nitrogen and oxygen atoms in total. The molecule has 21 heavy (non-hydrogen) atoms. The number of esters is 1. The number of aromatic nitrogens is 2. The van der Waals surface area contributed by atoms with Crippen LogP contribution in [0.1, 0.15) is 25.1 Å². The molecule has 0 radical (unpaired) electrons. The summed E-state index contributed by atoms with van der Waals surface area (Å²) >= 11 is 5.97. The van der Waals surface area contributed by atoms with Crippen LogP contribution in [0.4, 0.5) is 5.69 Å². The van der Waals surface area contributed by atoms with Gasteiger partial charge in [0.2, 0.25) is 0 Å². The van der Waals surface area contributed by atoms with Gasteiger partial charge in [-0.15, -0.1) is 0 Å². The van der Waals surface area contributed by atoms with Gasteiger partial charge in [0.15, 0.2) is 6.04 Å². The van der Waals surface area contributed by atoms with Gasteiger partial charge in [-0.25, -0.2) is 9.78 Å². The Labute approximate surface area is 128 Å². The van der Waals surface area contributed by atoms with E-state index in [4.69, 9.17) is 16.3 Å². The molecule has 2 rings (SSSR count). The number of carbonyl (C=O) groups is 1. The molecule has 1 atom stereocenters. The zero-order valence-corrected chi connectivity index (χ0v) is 12.8. The zero-order valence-electron chi connectivity index (χ0n) is 12.0. The van der Waals surface area contributed by atoms with Crippen LogP contribution < -0.4 is 5.32 Å². The molecular weight excluding hydrogens is 290 g/mol. The largest absolute Gasteiger partial charge is 0.467 e. The van der Waals surface area contributed by atoms with Crippen LogP contribution in [-0.2, 0) is 16.1 Å². The molecule has 0 saturated carbocycles. The maximum atomic E-state index is 12.1. The van der Waals surface area contributed by atoms with Crippen molar-refractivity contribution in [1.82, 2.24) is 9.55 Å². The summed E-state index contributed by atoms with van der Waals surface area (Å²) in [6.45, 7) is 2.86. The van der Waals surface area contributed by atoms with E-state index in [0.29, 0.717) is 5.02 Å². The fourth-order valence-corrected chi connectivity index (χ4v) is 2.31. The van der Waals surface area contributed by atoms with E-state index < -0.39 is 6.04 Å². The van der Waals surface area contributed by atoms with Gasteiger partial charge in [-0.05, 0) is 24.6 Å². The molecule has 6 heteroatoms. The minimum absolute atomic E-state index is 0.368. The Morgan fingerprint density at radius 1 is 1.52 bits per heavy atom. The second-order valence-electron chi connectivity index (χ2n) is 4.62. The number of rotatable bonds is 6. The van der Waals surface area contributed by atoms with Gasteiger partial charge in [-0.3, -0.25) is 0 Å². The van der Waals surface area contributed by atoms with Crippen molar-refractivity contribution < 1.29 is 9.53 Å².